The van der Waals surface area contributed by atoms with Crippen LogP contribution in [0.4, 0.5) is 0 Å². The molecule has 2 atom stereocenters. The SMILES string of the molecule is C=CCC(O)C(C)S(=O)(=O)N(Cc1ccc(OC)cc1)Cc1ccc(OC)cc1. The van der Waals surface area contributed by atoms with E-state index in [4.69, 9.17) is 9.47 Å². The summed E-state index contributed by atoms with van der Waals surface area (Å²) in [5.74, 6) is 1.40. The molecule has 0 aromatic heterocycles. The zero-order valence-corrected chi connectivity index (χ0v) is 17.9. The summed E-state index contributed by atoms with van der Waals surface area (Å²) < 4.78 is 38.3. The van der Waals surface area contributed by atoms with Crippen molar-refractivity contribution in [2.24, 2.45) is 0 Å². The predicted molar refractivity (Wildman–Crippen MR) is 114 cm³/mol. The van der Waals surface area contributed by atoms with Crippen LogP contribution < -0.4 is 9.47 Å². The van der Waals surface area contributed by atoms with Gasteiger partial charge in [0.2, 0.25) is 10.0 Å². The van der Waals surface area contributed by atoms with E-state index in [0.29, 0.717) is 11.5 Å². The van der Waals surface area contributed by atoms with E-state index in [-0.39, 0.29) is 19.5 Å². The molecule has 0 aliphatic rings. The Hall–Kier alpha value is -2.35. The molecule has 0 bridgehead atoms. The Labute approximate surface area is 173 Å². The van der Waals surface area contributed by atoms with E-state index in [2.05, 4.69) is 6.58 Å². The van der Waals surface area contributed by atoms with Crippen LogP contribution >= 0.6 is 0 Å². The van der Waals surface area contributed by atoms with Gasteiger partial charge in [-0.3, -0.25) is 0 Å². The van der Waals surface area contributed by atoms with Crippen LogP contribution in [0.5, 0.6) is 11.5 Å². The minimum absolute atomic E-state index is 0.184. The molecule has 29 heavy (non-hydrogen) atoms. The molecule has 0 fully saturated rings. The van der Waals surface area contributed by atoms with Crippen molar-refractivity contribution in [3.05, 3.63) is 72.3 Å². The first kappa shape index (κ1) is 22.9. The number of sulfonamides is 1. The van der Waals surface area contributed by atoms with E-state index in [9.17, 15) is 13.5 Å². The van der Waals surface area contributed by atoms with Gasteiger partial charge in [0.25, 0.3) is 0 Å². The maximum atomic E-state index is 13.3. The van der Waals surface area contributed by atoms with Crippen LogP contribution in [0.3, 0.4) is 0 Å². The summed E-state index contributed by atoms with van der Waals surface area (Å²) in [7, 11) is -0.614. The van der Waals surface area contributed by atoms with Crippen LogP contribution in [0, 0.1) is 0 Å². The number of aliphatic hydroxyl groups is 1. The average Bonchev–Trinajstić information content (AvgIpc) is 2.73. The van der Waals surface area contributed by atoms with E-state index in [1.54, 1.807) is 38.5 Å². The van der Waals surface area contributed by atoms with E-state index in [1.165, 1.54) is 17.3 Å². The van der Waals surface area contributed by atoms with Crippen molar-refractivity contribution in [3.63, 3.8) is 0 Å². The Balaban J connectivity index is 2.32. The summed E-state index contributed by atoms with van der Waals surface area (Å²) in [6, 6.07) is 14.5. The van der Waals surface area contributed by atoms with Gasteiger partial charge >= 0.3 is 0 Å². The molecule has 2 unspecified atom stereocenters. The van der Waals surface area contributed by atoms with Crippen LogP contribution in [-0.2, 0) is 23.1 Å². The number of rotatable bonds is 11. The van der Waals surface area contributed by atoms with Gasteiger partial charge in [0.1, 0.15) is 11.5 Å². The zero-order chi connectivity index (χ0) is 21.4. The van der Waals surface area contributed by atoms with E-state index in [1.807, 2.05) is 24.3 Å². The largest absolute Gasteiger partial charge is 0.497 e. The molecule has 0 aliphatic heterocycles. The molecule has 0 amide bonds. The fraction of sp³-hybridized carbons (Fsp3) is 0.364. The highest BCUT2D eigenvalue weighted by atomic mass is 32.2. The fourth-order valence-corrected chi connectivity index (χ4v) is 4.54. The lowest BCUT2D eigenvalue weighted by Gasteiger charge is -2.28. The van der Waals surface area contributed by atoms with Crippen molar-refractivity contribution >= 4 is 10.0 Å². The number of ether oxygens (including phenoxy) is 2. The molecule has 0 saturated carbocycles. The summed E-state index contributed by atoms with van der Waals surface area (Å²) in [4.78, 5) is 0. The lowest BCUT2D eigenvalue weighted by atomic mass is 10.2. The molecule has 6 nitrogen and oxygen atoms in total. The molecule has 7 heteroatoms. The molecule has 2 aromatic carbocycles. The van der Waals surface area contributed by atoms with E-state index >= 15 is 0 Å². The third kappa shape index (κ3) is 6.06. The Morgan fingerprint density at radius 2 is 1.38 bits per heavy atom. The third-order valence-corrected chi connectivity index (χ3v) is 7.05. The molecular formula is C22H29NO5S. The topological polar surface area (TPSA) is 76.1 Å². The van der Waals surface area contributed by atoms with Gasteiger partial charge in [-0.15, -0.1) is 6.58 Å². The van der Waals surface area contributed by atoms with Gasteiger partial charge in [0.05, 0.1) is 25.6 Å². The highest BCUT2D eigenvalue weighted by Gasteiger charge is 2.33. The van der Waals surface area contributed by atoms with Crippen molar-refractivity contribution in [1.82, 2.24) is 4.31 Å². The van der Waals surface area contributed by atoms with Crippen LogP contribution in [0.25, 0.3) is 0 Å². The van der Waals surface area contributed by atoms with E-state index < -0.39 is 21.4 Å². The minimum atomic E-state index is -3.78. The number of benzene rings is 2. The van der Waals surface area contributed by atoms with Gasteiger partial charge < -0.3 is 14.6 Å². The molecule has 0 heterocycles. The quantitative estimate of drug-likeness (QED) is 0.565. The second-order valence-corrected chi connectivity index (χ2v) is 9.10. The zero-order valence-electron chi connectivity index (χ0n) is 17.1. The van der Waals surface area contributed by atoms with Crippen LogP contribution in [0.2, 0.25) is 0 Å². The van der Waals surface area contributed by atoms with Crippen molar-refractivity contribution in [3.8, 4) is 11.5 Å². The van der Waals surface area contributed by atoms with Gasteiger partial charge in [-0.2, -0.15) is 4.31 Å². The second-order valence-electron chi connectivity index (χ2n) is 6.81. The Kier molecular flexibility index (Phi) is 8.25. The Morgan fingerprint density at radius 1 is 0.966 bits per heavy atom. The van der Waals surface area contributed by atoms with Crippen LogP contribution in [0.1, 0.15) is 24.5 Å². The number of methoxy groups -OCH3 is 2. The number of hydrogen-bond donors (Lipinski definition) is 1. The maximum absolute atomic E-state index is 13.3. The minimum Gasteiger partial charge on any atom is -0.497 e. The second kappa shape index (κ2) is 10.4. The molecular weight excluding hydrogens is 390 g/mol. The van der Waals surface area contributed by atoms with Gasteiger partial charge in [0.15, 0.2) is 0 Å². The summed E-state index contributed by atoms with van der Waals surface area (Å²) in [5, 5.41) is 9.30. The molecule has 2 aromatic rings. The molecule has 2 rings (SSSR count). The van der Waals surface area contributed by atoms with Crippen molar-refractivity contribution in [2.45, 2.75) is 37.8 Å². The average molecular weight is 420 g/mol. The first-order valence-electron chi connectivity index (χ1n) is 9.35. The van der Waals surface area contributed by atoms with Gasteiger partial charge in [0, 0.05) is 13.1 Å². The van der Waals surface area contributed by atoms with Crippen molar-refractivity contribution in [1.29, 1.82) is 0 Å². The summed E-state index contributed by atoms with van der Waals surface area (Å²) in [5.41, 5.74) is 1.65. The van der Waals surface area contributed by atoms with Gasteiger partial charge in [-0.1, -0.05) is 30.3 Å². The first-order valence-corrected chi connectivity index (χ1v) is 10.9. The predicted octanol–water partition coefficient (Wildman–Crippen LogP) is 3.36. The monoisotopic (exact) mass is 419 g/mol. The lowest BCUT2D eigenvalue weighted by molar-refractivity contribution is 0.172. The molecule has 0 spiro atoms. The number of nitrogens with zero attached hydrogens (tertiary/aromatic N) is 1. The fourth-order valence-electron chi connectivity index (χ4n) is 2.90. The highest BCUT2D eigenvalue weighted by Crippen LogP contribution is 2.23. The van der Waals surface area contributed by atoms with Gasteiger partial charge in [-0.25, -0.2) is 8.42 Å². The van der Waals surface area contributed by atoms with Crippen LogP contribution in [-0.4, -0.2) is 43.4 Å². The maximum Gasteiger partial charge on any atom is 0.219 e. The number of hydrogen-bond acceptors (Lipinski definition) is 5. The highest BCUT2D eigenvalue weighted by molar-refractivity contribution is 7.89. The van der Waals surface area contributed by atoms with Crippen molar-refractivity contribution < 1.29 is 23.0 Å². The summed E-state index contributed by atoms with van der Waals surface area (Å²) in [6.07, 6.45) is 0.708. The van der Waals surface area contributed by atoms with Crippen LogP contribution in [0.15, 0.2) is 61.2 Å². The van der Waals surface area contributed by atoms with Crippen molar-refractivity contribution in [2.75, 3.05) is 14.2 Å². The summed E-state index contributed by atoms with van der Waals surface area (Å²) >= 11 is 0. The van der Waals surface area contributed by atoms with Gasteiger partial charge in [-0.05, 0) is 48.7 Å². The molecule has 0 radical (unpaired) electrons. The van der Waals surface area contributed by atoms with E-state index in [0.717, 1.165) is 11.1 Å². The normalized spacial score (nSPS) is 13.7. The first-order chi connectivity index (χ1) is 13.8. The third-order valence-electron chi connectivity index (χ3n) is 4.82. The standard InChI is InChI=1S/C22H29NO5S/c1-5-6-22(24)17(2)29(25,26)23(15-18-7-11-20(27-3)12-8-18)16-19-9-13-21(28-4)14-10-19/h5,7-14,17,22,24H,1,6,15-16H2,2-4H3. The number of aliphatic hydroxyl groups excluding tert-OH is 1. The smallest absolute Gasteiger partial charge is 0.219 e. The molecule has 1 N–H and O–H groups in total. The lowest BCUT2D eigenvalue weighted by Crippen LogP contribution is -2.42. The molecule has 0 saturated heterocycles. The molecule has 0 aliphatic carbocycles. The Bertz CT molecular complexity index is 829. The Morgan fingerprint density at radius 3 is 1.72 bits per heavy atom. The summed E-state index contributed by atoms with van der Waals surface area (Å²) in [6.45, 7) is 5.48. The molecule has 158 valence electrons.